The van der Waals surface area contributed by atoms with Crippen LogP contribution >= 0.6 is 12.4 Å². The van der Waals surface area contributed by atoms with Crippen LogP contribution < -0.4 is 10.1 Å². The van der Waals surface area contributed by atoms with Gasteiger partial charge in [0.1, 0.15) is 5.75 Å². The Hall–Kier alpha value is -1.72. The van der Waals surface area contributed by atoms with Gasteiger partial charge in [0.15, 0.2) is 0 Å². The molecule has 126 valence electrons. The van der Waals surface area contributed by atoms with E-state index in [1.807, 2.05) is 33.0 Å². The Morgan fingerprint density at radius 3 is 2.13 bits per heavy atom. The van der Waals surface area contributed by atoms with E-state index in [1.165, 1.54) is 12.1 Å². The molecule has 0 radical (unpaired) electrons. The van der Waals surface area contributed by atoms with Gasteiger partial charge >= 0.3 is 6.36 Å². The van der Waals surface area contributed by atoms with Crippen LogP contribution in [0.2, 0.25) is 0 Å². The van der Waals surface area contributed by atoms with Crippen LogP contribution in [0.15, 0.2) is 36.4 Å². The summed E-state index contributed by atoms with van der Waals surface area (Å²) in [6.45, 7) is 4.63. The Labute approximate surface area is 140 Å². The second kappa shape index (κ2) is 7.70. The van der Waals surface area contributed by atoms with E-state index in [0.717, 1.165) is 28.8 Å². The third-order valence-corrected chi connectivity index (χ3v) is 3.47. The third kappa shape index (κ3) is 4.88. The van der Waals surface area contributed by atoms with E-state index in [2.05, 4.69) is 10.1 Å². The smallest absolute Gasteiger partial charge is 0.405 e. The number of halogens is 4. The molecule has 0 spiro atoms. The first-order valence-corrected chi connectivity index (χ1v) is 6.91. The monoisotopic (exact) mass is 345 g/mol. The number of hydrogen-bond donors (Lipinski definition) is 1. The maximum atomic E-state index is 12.5. The maximum Gasteiger partial charge on any atom is 0.573 e. The van der Waals surface area contributed by atoms with E-state index < -0.39 is 6.36 Å². The van der Waals surface area contributed by atoms with Gasteiger partial charge < -0.3 is 10.1 Å². The van der Waals surface area contributed by atoms with Gasteiger partial charge in [-0.25, -0.2) is 0 Å². The minimum Gasteiger partial charge on any atom is -0.405 e. The number of ether oxygens (including phenoxy) is 1. The summed E-state index contributed by atoms with van der Waals surface area (Å²) in [5, 5.41) is 3.09. The van der Waals surface area contributed by atoms with E-state index in [9.17, 15) is 13.2 Å². The molecular formula is C17H19ClF3NO. The van der Waals surface area contributed by atoms with Crippen LogP contribution in [0.3, 0.4) is 0 Å². The van der Waals surface area contributed by atoms with Gasteiger partial charge in [0.25, 0.3) is 0 Å². The maximum absolute atomic E-state index is 12.5. The number of benzene rings is 2. The molecule has 0 saturated heterocycles. The van der Waals surface area contributed by atoms with E-state index in [0.29, 0.717) is 5.56 Å². The summed E-state index contributed by atoms with van der Waals surface area (Å²) < 4.78 is 41.7. The van der Waals surface area contributed by atoms with Gasteiger partial charge in [-0.15, -0.1) is 25.6 Å². The van der Waals surface area contributed by atoms with Crippen LogP contribution in [0.4, 0.5) is 13.2 Å². The van der Waals surface area contributed by atoms with E-state index >= 15 is 0 Å². The highest BCUT2D eigenvalue weighted by Crippen LogP contribution is 2.35. The Morgan fingerprint density at radius 1 is 1.04 bits per heavy atom. The lowest BCUT2D eigenvalue weighted by Crippen LogP contribution is -2.17. The summed E-state index contributed by atoms with van der Waals surface area (Å²) >= 11 is 0. The molecule has 0 unspecified atom stereocenters. The summed E-state index contributed by atoms with van der Waals surface area (Å²) in [6.07, 6.45) is -4.70. The Bertz CT molecular complexity index is 648. The highest BCUT2D eigenvalue weighted by Gasteiger charge is 2.32. The lowest BCUT2D eigenvalue weighted by atomic mass is 9.95. The fourth-order valence-corrected chi connectivity index (χ4v) is 2.52. The standard InChI is InChI=1S/C17H18F3NO.ClH/c1-11-8-13(9-12(2)15(11)10-21-3)14-6-4-5-7-16(14)22-17(18,19)20;/h4-9,21H,10H2,1-3H3;1H. The zero-order chi connectivity index (χ0) is 16.3. The predicted molar refractivity (Wildman–Crippen MR) is 88.0 cm³/mol. The molecule has 1 N–H and O–H groups in total. The highest BCUT2D eigenvalue weighted by molar-refractivity contribution is 5.85. The van der Waals surface area contributed by atoms with Gasteiger partial charge in [0, 0.05) is 12.1 Å². The number of alkyl halides is 3. The Morgan fingerprint density at radius 2 is 1.61 bits per heavy atom. The van der Waals surface area contributed by atoms with Crippen molar-refractivity contribution < 1.29 is 17.9 Å². The van der Waals surface area contributed by atoms with Gasteiger partial charge in [-0.05, 0) is 49.2 Å². The van der Waals surface area contributed by atoms with Crippen molar-refractivity contribution in [1.29, 1.82) is 0 Å². The van der Waals surface area contributed by atoms with Crippen LogP contribution in [0.25, 0.3) is 11.1 Å². The average Bonchev–Trinajstić information content (AvgIpc) is 2.41. The molecule has 0 saturated carbocycles. The molecule has 0 aliphatic carbocycles. The van der Waals surface area contributed by atoms with E-state index in [4.69, 9.17) is 0 Å². The molecule has 0 aliphatic heterocycles. The number of aryl methyl sites for hydroxylation is 2. The molecule has 2 rings (SSSR count). The third-order valence-electron chi connectivity index (χ3n) is 3.47. The molecule has 0 atom stereocenters. The van der Waals surface area contributed by atoms with E-state index in [1.54, 1.807) is 12.1 Å². The van der Waals surface area contributed by atoms with Crippen LogP contribution in [0.5, 0.6) is 5.75 Å². The topological polar surface area (TPSA) is 21.3 Å². The first-order chi connectivity index (χ1) is 10.3. The van der Waals surface area contributed by atoms with Crippen LogP contribution in [0, 0.1) is 13.8 Å². The zero-order valence-electron chi connectivity index (χ0n) is 13.1. The molecule has 2 nitrogen and oxygen atoms in total. The minimum absolute atomic E-state index is 0. The van der Waals surface area contributed by atoms with Gasteiger partial charge in [0.05, 0.1) is 0 Å². The normalized spacial score (nSPS) is 11.0. The summed E-state index contributed by atoms with van der Waals surface area (Å²) in [7, 11) is 1.86. The molecule has 2 aromatic carbocycles. The highest BCUT2D eigenvalue weighted by atomic mass is 35.5. The van der Waals surface area contributed by atoms with Crippen molar-refractivity contribution in [2.75, 3.05) is 7.05 Å². The number of nitrogens with one attached hydrogen (secondary N) is 1. The molecular weight excluding hydrogens is 327 g/mol. The molecule has 2 aromatic rings. The molecule has 0 amide bonds. The average molecular weight is 346 g/mol. The van der Waals surface area contributed by atoms with E-state index in [-0.39, 0.29) is 18.2 Å². The van der Waals surface area contributed by atoms with Crippen molar-refractivity contribution in [3.63, 3.8) is 0 Å². The van der Waals surface area contributed by atoms with Crippen molar-refractivity contribution in [3.05, 3.63) is 53.1 Å². The fourth-order valence-electron chi connectivity index (χ4n) is 2.52. The van der Waals surface area contributed by atoms with Crippen LogP contribution in [-0.4, -0.2) is 13.4 Å². The second-order valence-corrected chi connectivity index (χ2v) is 5.16. The van der Waals surface area contributed by atoms with Crippen LogP contribution in [0.1, 0.15) is 16.7 Å². The minimum atomic E-state index is -4.70. The number of hydrogen-bond acceptors (Lipinski definition) is 2. The fraction of sp³-hybridized carbons (Fsp3) is 0.294. The summed E-state index contributed by atoms with van der Waals surface area (Å²) in [4.78, 5) is 0. The van der Waals surface area contributed by atoms with Gasteiger partial charge in [-0.1, -0.05) is 30.3 Å². The molecule has 0 bridgehead atoms. The predicted octanol–water partition coefficient (Wildman–Crippen LogP) is 5.01. The quantitative estimate of drug-likeness (QED) is 0.841. The first kappa shape index (κ1) is 19.3. The Kier molecular flexibility index (Phi) is 6.47. The first-order valence-electron chi connectivity index (χ1n) is 6.91. The number of rotatable bonds is 4. The lowest BCUT2D eigenvalue weighted by Gasteiger charge is -2.16. The van der Waals surface area contributed by atoms with Crippen molar-refractivity contribution in [1.82, 2.24) is 5.32 Å². The molecule has 0 aliphatic rings. The molecule has 0 fully saturated rings. The van der Waals surface area contributed by atoms with Crippen molar-refractivity contribution in [2.24, 2.45) is 0 Å². The largest absolute Gasteiger partial charge is 0.573 e. The van der Waals surface area contributed by atoms with Crippen molar-refractivity contribution in [2.45, 2.75) is 26.8 Å². The summed E-state index contributed by atoms with van der Waals surface area (Å²) in [5.74, 6) is -0.185. The van der Waals surface area contributed by atoms with Crippen LogP contribution in [-0.2, 0) is 6.54 Å². The van der Waals surface area contributed by atoms with Gasteiger partial charge in [0.2, 0.25) is 0 Å². The number of para-hydroxylation sites is 1. The van der Waals surface area contributed by atoms with Crippen molar-refractivity contribution in [3.8, 4) is 16.9 Å². The van der Waals surface area contributed by atoms with Gasteiger partial charge in [-0.3, -0.25) is 0 Å². The molecule has 6 heteroatoms. The lowest BCUT2D eigenvalue weighted by molar-refractivity contribution is -0.274. The molecule has 0 aromatic heterocycles. The summed E-state index contributed by atoms with van der Waals surface area (Å²) in [6, 6.07) is 9.96. The second-order valence-electron chi connectivity index (χ2n) is 5.16. The Balaban J connectivity index is 0.00000264. The molecule has 23 heavy (non-hydrogen) atoms. The van der Waals surface area contributed by atoms with Gasteiger partial charge in [-0.2, -0.15) is 0 Å². The molecule has 0 heterocycles. The summed E-state index contributed by atoms with van der Waals surface area (Å²) in [5.41, 5.74) is 4.37. The van der Waals surface area contributed by atoms with Crippen molar-refractivity contribution >= 4 is 12.4 Å². The SMILES string of the molecule is CNCc1c(C)cc(-c2ccccc2OC(F)(F)F)cc1C.Cl. The zero-order valence-corrected chi connectivity index (χ0v) is 13.9.